The summed E-state index contributed by atoms with van der Waals surface area (Å²) in [5.74, 6) is 0. The van der Waals surface area contributed by atoms with E-state index in [-0.39, 0.29) is 6.54 Å². The van der Waals surface area contributed by atoms with Crippen molar-refractivity contribution in [1.82, 2.24) is 10.7 Å². The predicted molar refractivity (Wildman–Crippen MR) is 36.4 cm³/mol. The maximum Gasteiger partial charge on any atom is 0.131 e. The van der Waals surface area contributed by atoms with Crippen LogP contribution in [0.4, 0.5) is 4.39 Å². The molecule has 0 aromatic heterocycles. The Morgan fingerprint density at radius 3 is 2.78 bits per heavy atom. The van der Waals surface area contributed by atoms with Gasteiger partial charge in [0.1, 0.15) is 6.17 Å². The van der Waals surface area contributed by atoms with Gasteiger partial charge < -0.3 is 10.7 Å². The van der Waals surface area contributed by atoms with E-state index in [1.54, 1.807) is 7.05 Å². The Balaban J connectivity index is 3.04. The fraction of sp³-hybridized carbons (Fsp3) is 0.800. The average Bonchev–Trinajstić information content (AvgIpc) is 1.85. The quantitative estimate of drug-likeness (QED) is 0.401. The minimum atomic E-state index is -0.888. The Hall–Kier alpha value is -0.640. The Morgan fingerprint density at radius 1 is 1.67 bits per heavy atom. The van der Waals surface area contributed by atoms with Gasteiger partial charge in [0, 0.05) is 13.3 Å². The molecular formula is C5H12FN3. The van der Waals surface area contributed by atoms with Crippen LogP contribution in [0.5, 0.6) is 0 Å². The topological polar surface area (TPSA) is 36.4 Å². The maximum atomic E-state index is 12.4. The van der Waals surface area contributed by atoms with Crippen molar-refractivity contribution in [1.29, 1.82) is 0 Å². The number of halogens is 1. The van der Waals surface area contributed by atoms with Crippen LogP contribution in [0.15, 0.2) is 5.10 Å². The molecule has 0 saturated carbocycles. The van der Waals surface area contributed by atoms with E-state index in [2.05, 4.69) is 22.6 Å². The summed E-state index contributed by atoms with van der Waals surface area (Å²) in [6.45, 7) is 3.72. The summed E-state index contributed by atoms with van der Waals surface area (Å²) in [5, 5.41) is 5.99. The fourth-order valence-electron chi connectivity index (χ4n) is 0.457. The van der Waals surface area contributed by atoms with Crippen molar-refractivity contribution in [3.8, 4) is 0 Å². The van der Waals surface area contributed by atoms with Crippen LogP contribution in [0.25, 0.3) is 0 Å². The second-order valence-corrected chi connectivity index (χ2v) is 1.68. The smallest absolute Gasteiger partial charge is 0.131 e. The third-order valence-electron chi connectivity index (χ3n) is 0.850. The molecule has 0 aliphatic heterocycles. The van der Waals surface area contributed by atoms with Gasteiger partial charge in [-0.05, 0) is 7.05 Å². The molecule has 0 aromatic carbocycles. The summed E-state index contributed by atoms with van der Waals surface area (Å²) in [6.07, 6.45) is -0.888. The van der Waals surface area contributed by atoms with E-state index in [0.717, 1.165) is 0 Å². The van der Waals surface area contributed by atoms with E-state index < -0.39 is 6.17 Å². The van der Waals surface area contributed by atoms with Crippen LogP contribution in [0.2, 0.25) is 0 Å². The van der Waals surface area contributed by atoms with Gasteiger partial charge in [-0.1, -0.05) is 0 Å². The first-order chi connectivity index (χ1) is 4.31. The van der Waals surface area contributed by atoms with Gasteiger partial charge in [0.05, 0.1) is 6.54 Å². The normalized spacial score (nSPS) is 12.7. The van der Waals surface area contributed by atoms with Crippen LogP contribution >= 0.6 is 0 Å². The number of hydrazone groups is 1. The van der Waals surface area contributed by atoms with Crippen LogP contribution in [-0.4, -0.2) is 33.0 Å². The molecule has 0 radical (unpaired) electrons. The first-order valence-electron chi connectivity index (χ1n) is 2.78. The molecule has 0 unspecified atom stereocenters. The van der Waals surface area contributed by atoms with E-state index in [1.165, 1.54) is 0 Å². The molecule has 0 spiro atoms. The SMILES string of the molecule is C=NNC[C@H](F)CNC. The summed E-state index contributed by atoms with van der Waals surface area (Å²) in [7, 11) is 1.70. The third kappa shape index (κ3) is 5.23. The van der Waals surface area contributed by atoms with E-state index in [1.807, 2.05) is 0 Å². The zero-order chi connectivity index (χ0) is 7.11. The van der Waals surface area contributed by atoms with Crippen molar-refractivity contribution in [3.05, 3.63) is 0 Å². The van der Waals surface area contributed by atoms with Gasteiger partial charge in [0.25, 0.3) is 0 Å². The summed E-state index contributed by atoms with van der Waals surface area (Å²) >= 11 is 0. The molecule has 1 atom stereocenters. The van der Waals surface area contributed by atoms with Crippen molar-refractivity contribution >= 4 is 6.72 Å². The van der Waals surface area contributed by atoms with Crippen LogP contribution in [0, 0.1) is 0 Å². The Kier molecular flexibility index (Phi) is 5.11. The molecule has 0 fully saturated rings. The molecule has 0 saturated heterocycles. The number of alkyl halides is 1. The molecule has 54 valence electrons. The molecule has 0 rings (SSSR count). The van der Waals surface area contributed by atoms with Gasteiger partial charge >= 0.3 is 0 Å². The van der Waals surface area contributed by atoms with Crippen molar-refractivity contribution in [2.24, 2.45) is 5.10 Å². The second-order valence-electron chi connectivity index (χ2n) is 1.68. The number of rotatable bonds is 5. The molecule has 0 aliphatic rings. The average molecular weight is 133 g/mol. The second kappa shape index (κ2) is 5.50. The van der Waals surface area contributed by atoms with E-state index in [4.69, 9.17) is 0 Å². The summed E-state index contributed by atoms with van der Waals surface area (Å²) in [4.78, 5) is 0. The van der Waals surface area contributed by atoms with E-state index in [0.29, 0.717) is 6.54 Å². The minimum Gasteiger partial charge on any atom is -0.317 e. The van der Waals surface area contributed by atoms with Gasteiger partial charge in [0.2, 0.25) is 0 Å². The Bertz CT molecular complexity index is 76.6. The highest BCUT2D eigenvalue weighted by molar-refractivity contribution is 5.22. The predicted octanol–water partition coefficient (Wildman–Crippen LogP) is -0.251. The first-order valence-corrected chi connectivity index (χ1v) is 2.78. The van der Waals surface area contributed by atoms with Gasteiger partial charge in [0.15, 0.2) is 0 Å². The lowest BCUT2D eigenvalue weighted by Crippen LogP contribution is -2.28. The molecular weight excluding hydrogens is 121 g/mol. The minimum absolute atomic E-state index is 0.227. The molecule has 0 aliphatic carbocycles. The highest BCUT2D eigenvalue weighted by Crippen LogP contribution is 1.83. The highest BCUT2D eigenvalue weighted by Gasteiger charge is 2.01. The lowest BCUT2D eigenvalue weighted by atomic mass is 10.4. The van der Waals surface area contributed by atoms with Gasteiger partial charge in [-0.25, -0.2) is 4.39 Å². The highest BCUT2D eigenvalue weighted by atomic mass is 19.1. The molecule has 0 aromatic rings. The monoisotopic (exact) mass is 133 g/mol. The van der Waals surface area contributed by atoms with Crippen LogP contribution in [-0.2, 0) is 0 Å². The molecule has 9 heavy (non-hydrogen) atoms. The number of hydrogen-bond acceptors (Lipinski definition) is 3. The lowest BCUT2D eigenvalue weighted by Gasteiger charge is -2.04. The summed E-state index contributed by atoms with van der Waals surface area (Å²) < 4.78 is 12.4. The van der Waals surface area contributed by atoms with Crippen LogP contribution in [0.1, 0.15) is 0 Å². The molecule has 0 heterocycles. The van der Waals surface area contributed by atoms with E-state index >= 15 is 0 Å². The van der Waals surface area contributed by atoms with Gasteiger partial charge in [-0.3, -0.25) is 0 Å². The molecule has 0 bridgehead atoms. The van der Waals surface area contributed by atoms with Crippen molar-refractivity contribution in [3.63, 3.8) is 0 Å². The maximum absolute atomic E-state index is 12.4. The van der Waals surface area contributed by atoms with Crippen molar-refractivity contribution < 1.29 is 4.39 Å². The summed E-state index contributed by atoms with van der Waals surface area (Å²) in [6, 6.07) is 0. The number of nitrogens with one attached hydrogen (secondary N) is 2. The van der Waals surface area contributed by atoms with Crippen LogP contribution < -0.4 is 10.7 Å². The largest absolute Gasteiger partial charge is 0.317 e. The zero-order valence-electron chi connectivity index (χ0n) is 5.52. The number of nitrogens with zero attached hydrogens (tertiary/aromatic N) is 1. The molecule has 3 nitrogen and oxygen atoms in total. The standard InChI is InChI=1S/C5H12FN3/c1-7-3-5(6)4-9-8-2/h5,7,9H,2-4H2,1H3/t5-/m1/s1. The Labute approximate surface area is 54.3 Å². The first kappa shape index (κ1) is 8.36. The third-order valence-corrected chi connectivity index (χ3v) is 0.850. The van der Waals surface area contributed by atoms with Crippen molar-refractivity contribution in [2.45, 2.75) is 6.17 Å². The van der Waals surface area contributed by atoms with Crippen molar-refractivity contribution in [2.75, 3.05) is 20.1 Å². The van der Waals surface area contributed by atoms with Crippen LogP contribution in [0.3, 0.4) is 0 Å². The lowest BCUT2D eigenvalue weighted by molar-refractivity contribution is 0.315. The summed E-state index contributed by atoms with van der Waals surface area (Å²) in [5.41, 5.74) is 2.43. The van der Waals surface area contributed by atoms with Gasteiger partial charge in [-0.2, -0.15) is 5.10 Å². The van der Waals surface area contributed by atoms with E-state index in [9.17, 15) is 4.39 Å². The zero-order valence-corrected chi connectivity index (χ0v) is 5.52. The number of hydrogen-bond donors (Lipinski definition) is 2. The van der Waals surface area contributed by atoms with Gasteiger partial charge in [-0.15, -0.1) is 0 Å². The Morgan fingerprint density at radius 2 is 2.33 bits per heavy atom. The molecule has 0 amide bonds. The molecule has 2 N–H and O–H groups in total. The fourth-order valence-corrected chi connectivity index (χ4v) is 0.457. The molecule has 4 heteroatoms.